The minimum atomic E-state index is -0.103. The summed E-state index contributed by atoms with van der Waals surface area (Å²) >= 11 is 1.49. The van der Waals surface area contributed by atoms with Crippen LogP contribution in [-0.4, -0.2) is 34.4 Å². The second-order valence-corrected chi connectivity index (χ2v) is 8.07. The lowest BCUT2D eigenvalue weighted by atomic mass is 9.87. The average molecular weight is 430 g/mol. The van der Waals surface area contributed by atoms with Crippen LogP contribution in [0.5, 0.6) is 11.5 Å². The monoisotopic (exact) mass is 430 g/mol. The van der Waals surface area contributed by atoms with E-state index in [1.807, 2.05) is 42.5 Å². The van der Waals surface area contributed by atoms with Crippen LogP contribution in [-0.2, 0) is 4.79 Å². The molecular formula is C23H18N4O3S. The molecule has 0 spiro atoms. The van der Waals surface area contributed by atoms with E-state index in [9.17, 15) is 4.79 Å². The van der Waals surface area contributed by atoms with Gasteiger partial charge in [0.25, 0.3) is 0 Å². The van der Waals surface area contributed by atoms with Gasteiger partial charge in [-0.25, -0.2) is 4.98 Å². The maximum atomic E-state index is 12.5. The zero-order valence-corrected chi connectivity index (χ0v) is 17.5. The number of nitrogens with one attached hydrogen (secondary N) is 1. The SMILES string of the molecule is C#CCOc1ccc(C2CC(=O)Nc3c2cnn3-c2nc3ccc(OC)cc3s2)cc1. The Morgan fingerprint density at radius 2 is 2.06 bits per heavy atom. The van der Waals surface area contributed by atoms with E-state index in [4.69, 9.17) is 15.9 Å². The first kappa shape index (κ1) is 19.2. The number of anilines is 1. The van der Waals surface area contributed by atoms with E-state index in [0.717, 1.165) is 27.1 Å². The van der Waals surface area contributed by atoms with Crippen LogP contribution >= 0.6 is 11.3 Å². The lowest BCUT2D eigenvalue weighted by Gasteiger charge is -2.23. The first-order valence-electron chi connectivity index (χ1n) is 9.65. The Balaban J connectivity index is 1.51. The molecule has 1 aliphatic heterocycles. The van der Waals surface area contributed by atoms with E-state index in [1.54, 1.807) is 18.0 Å². The number of fused-ring (bicyclic) bond motifs is 2. The lowest BCUT2D eigenvalue weighted by Crippen LogP contribution is -2.24. The molecule has 4 aromatic rings. The largest absolute Gasteiger partial charge is 0.497 e. The maximum Gasteiger partial charge on any atom is 0.226 e. The molecule has 1 N–H and O–H groups in total. The zero-order chi connectivity index (χ0) is 21.4. The van der Waals surface area contributed by atoms with Gasteiger partial charge < -0.3 is 14.8 Å². The van der Waals surface area contributed by atoms with Gasteiger partial charge in [0.15, 0.2) is 0 Å². The number of benzene rings is 2. The van der Waals surface area contributed by atoms with Gasteiger partial charge in [-0.05, 0) is 35.9 Å². The number of hydrogen-bond acceptors (Lipinski definition) is 6. The molecule has 154 valence electrons. The van der Waals surface area contributed by atoms with Gasteiger partial charge in [0.05, 0.1) is 23.5 Å². The van der Waals surface area contributed by atoms with Crippen molar-refractivity contribution in [1.82, 2.24) is 14.8 Å². The Labute approximate surface area is 182 Å². The van der Waals surface area contributed by atoms with Crippen LogP contribution in [0.2, 0.25) is 0 Å². The summed E-state index contributed by atoms with van der Waals surface area (Å²) in [6.07, 6.45) is 7.39. The summed E-state index contributed by atoms with van der Waals surface area (Å²) in [4.78, 5) is 17.2. The molecule has 0 fully saturated rings. The zero-order valence-electron chi connectivity index (χ0n) is 16.7. The molecule has 31 heavy (non-hydrogen) atoms. The molecule has 1 aliphatic rings. The standard InChI is InChI=1S/C23H18N4O3S/c1-3-10-30-15-6-4-14(5-7-15)17-12-21(28)26-22-18(17)13-24-27(22)23-25-19-9-8-16(29-2)11-20(19)31-23/h1,4-9,11,13,17H,10,12H2,2H3,(H,26,28). The molecule has 0 bridgehead atoms. The Bertz CT molecular complexity index is 1320. The number of nitrogens with zero attached hydrogens (tertiary/aromatic N) is 3. The second-order valence-electron chi connectivity index (χ2n) is 7.06. The van der Waals surface area contributed by atoms with Gasteiger partial charge in [0, 0.05) is 17.9 Å². The number of methoxy groups -OCH3 is 1. The van der Waals surface area contributed by atoms with Crippen LogP contribution in [0.4, 0.5) is 5.82 Å². The molecular weight excluding hydrogens is 412 g/mol. The molecule has 0 radical (unpaired) electrons. The van der Waals surface area contributed by atoms with Gasteiger partial charge >= 0.3 is 0 Å². The Kier molecular flexibility index (Phi) is 4.81. The molecule has 0 aliphatic carbocycles. The van der Waals surface area contributed by atoms with E-state index in [0.29, 0.717) is 23.1 Å². The summed E-state index contributed by atoms with van der Waals surface area (Å²) in [5.41, 5.74) is 2.82. The van der Waals surface area contributed by atoms with Crippen molar-refractivity contribution in [3.8, 4) is 29.0 Å². The van der Waals surface area contributed by atoms with E-state index < -0.39 is 0 Å². The van der Waals surface area contributed by atoms with E-state index >= 15 is 0 Å². The van der Waals surface area contributed by atoms with Crippen molar-refractivity contribution in [2.24, 2.45) is 0 Å². The van der Waals surface area contributed by atoms with Crippen molar-refractivity contribution in [3.05, 3.63) is 59.8 Å². The molecule has 5 rings (SSSR count). The Morgan fingerprint density at radius 3 is 2.84 bits per heavy atom. The smallest absolute Gasteiger partial charge is 0.226 e. The summed E-state index contributed by atoms with van der Waals surface area (Å²) in [6, 6.07) is 13.4. The normalized spacial score (nSPS) is 15.2. The Hall–Kier alpha value is -3.83. The third-order valence-corrected chi connectivity index (χ3v) is 6.18. The summed E-state index contributed by atoms with van der Waals surface area (Å²) < 4.78 is 13.4. The summed E-state index contributed by atoms with van der Waals surface area (Å²) in [5, 5.41) is 8.20. The molecule has 2 aromatic heterocycles. The number of aromatic nitrogens is 3. The predicted octanol–water partition coefficient (Wildman–Crippen LogP) is 3.98. The topological polar surface area (TPSA) is 78.3 Å². The van der Waals surface area contributed by atoms with Crippen molar-refractivity contribution in [1.29, 1.82) is 0 Å². The molecule has 7 nitrogen and oxygen atoms in total. The van der Waals surface area contributed by atoms with Crippen LogP contribution in [0.1, 0.15) is 23.5 Å². The fourth-order valence-electron chi connectivity index (χ4n) is 3.69. The third-order valence-electron chi connectivity index (χ3n) is 5.19. The van der Waals surface area contributed by atoms with Gasteiger partial charge in [-0.1, -0.05) is 29.4 Å². The van der Waals surface area contributed by atoms with Crippen molar-refractivity contribution in [3.63, 3.8) is 0 Å². The third kappa shape index (κ3) is 3.49. The molecule has 0 saturated heterocycles. The number of terminal acetylenes is 1. The molecule has 0 saturated carbocycles. The highest BCUT2D eigenvalue weighted by Crippen LogP contribution is 2.39. The van der Waals surface area contributed by atoms with Crippen molar-refractivity contribution in [2.75, 3.05) is 19.0 Å². The molecule has 2 aromatic carbocycles. The first-order chi connectivity index (χ1) is 15.2. The highest BCUT2D eigenvalue weighted by molar-refractivity contribution is 7.20. The molecule has 1 unspecified atom stereocenters. The van der Waals surface area contributed by atoms with Crippen LogP contribution < -0.4 is 14.8 Å². The quantitative estimate of drug-likeness (QED) is 0.485. The highest BCUT2D eigenvalue weighted by atomic mass is 32.1. The summed E-state index contributed by atoms with van der Waals surface area (Å²) in [6.45, 7) is 0.218. The minimum absolute atomic E-state index is 0.0605. The molecule has 1 amide bonds. The van der Waals surface area contributed by atoms with Crippen LogP contribution in [0, 0.1) is 12.3 Å². The average Bonchev–Trinajstić information content (AvgIpc) is 3.40. The van der Waals surface area contributed by atoms with Crippen molar-refractivity contribution < 1.29 is 14.3 Å². The number of ether oxygens (including phenoxy) is 2. The fraction of sp³-hybridized carbons (Fsp3) is 0.174. The fourth-order valence-corrected chi connectivity index (χ4v) is 4.65. The van der Waals surface area contributed by atoms with Gasteiger partial charge in [0.2, 0.25) is 11.0 Å². The van der Waals surface area contributed by atoms with Gasteiger partial charge in [0.1, 0.15) is 23.9 Å². The maximum absolute atomic E-state index is 12.5. The molecule has 8 heteroatoms. The molecule has 3 heterocycles. The number of carbonyl (C=O) groups is 1. The van der Waals surface area contributed by atoms with E-state index in [1.165, 1.54) is 11.3 Å². The highest BCUT2D eigenvalue weighted by Gasteiger charge is 2.31. The number of rotatable bonds is 5. The predicted molar refractivity (Wildman–Crippen MR) is 119 cm³/mol. The van der Waals surface area contributed by atoms with Crippen LogP contribution in [0.3, 0.4) is 0 Å². The first-order valence-corrected chi connectivity index (χ1v) is 10.5. The van der Waals surface area contributed by atoms with E-state index in [2.05, 4.69) is 21.3 Å². The molecule has 1 atom stereocenters. The minimum Gasteiger partial charge on any atom is -0.497 e. The van der Waals surface area contributed by atoms with Crippen molar-refractivity contribution >= 4 is 33.3 Å². The van der Waals surface area contributed by atoms with Crippen LogP contribution in [0.15, 0.2) is 48.7 Å². The second kappa shape index (κ2) is 7.78. The number of carbonyl (C=O) groups excluding carboxylic acids is 1. The van der Waals surface area contributed by atoms with Gasteiger partial charge in [-0.2, -0.15) is 9.78 Å². The van der Waals surface area contributed by atoms with Gasteiger partial charge in [-0.15, -0.1) is 6.42 Å². The number of hydrogen-bond donors (Lipinski definition) is 1. The van der Waals surface area contributed by atoms with Crippen LogP contribution in [0.25, 0.3) is 15.3 Å². The number of amides is 1. The number of thiazole rings is 1. The summed E-state index contributed by atoms with van der Waals surface area (Å²) in [5.74, 6) is 4.41. The van der Waals surface area contributed by atoms with E-state index in [-0.39, 0.29) is 18.4 Å². The summed E-state index contributed by atoms with van der Waals surface area (Å²) in [7, 11) is 1.64. The Morgan fingerprint density at radius 1 is 1.26 bits per heavy atom. The lowest BCUT2D eigenvalue weighted by molar-refractivity contribution is -0.116. The van der Waals surface area contributed by atoms with Gasteiger partial charge in [-0.3, -0.25) is 4.79 Å². The van der Waals surface area contributed by atoms with Crippen molar-refractivity contribution in [2.45, 2.75) is 12.3 Å².